The van der Waals surface area contributed by atoms with E-state index in [4.69, 9.17) is 18.9 Å². The smallest absolute Gasteiger partial charge is 0.407 e. The molecule has 3 heterocycles. The van der Waals surface area contributed by atoms with Crippen molar-refractivity contribution in [3.8, 4) is 0 Å². The van der Waals surface area contributed by atoms with Gasteiger partial charge in [0.05, 0.1) is 37.6 Å². The molecule has 268 valence electrons. The summed E-state index contributed by atoms with van der Waals surface area (Å²) in [4.78, 5) is 27.7. The highest BCUT2D eigenvalue weighted by Gasteiger charge is 2.45. The Balaban J connectivity index is 1.63. The summed E-state index contributed by atoms with van der Waals surface area (Å²) in [5, 5.41) is 34.8. The third-order valence-corrected chi connectivity index (χ3v) is 9.53. The molecule has 0 aromatic carbocycles. The third-order valence-electron chi connectivity index (χ3n) is 9.53. The van der Waals surface area contributed by atoms with E-state index >= 15 is 0 Å². The average molecular weight is 665 g/mol. The number of ether oxygens (including phenoxy) is 4. The van der Waals surface area contributed by atoms with Crippen LogP contribution in [0.25, 0.3) is 0 Å². The minimum Gasteiger partial charge on any atom is -0.457 e. The second-order valence-electron chi connectivity index (χ2n) is 14.0. The maximum atomic E-state index is 12.8. The molecule has 4 N–H and O–H groups in total. The topological polar surface area (TPSA) is 150 Å². The van der Waals surface area contributed by atoms with Crippen LogP contribution in [0.15, 0.2) is 36.0 Å². The number of rotatable bonds is 13. The first kappa shape index (κ1) is 39.2. The molecule has 1 amide bonds. The number of nitrogens with one attached hydrogen (secondary N) is 1. The molecule has 10 atom stereocenters. The van der Waals surface area contributed by atoms with Gasteiger partial charge in [-0.25, -0.2) is 4.79 Å². The Morgan fingerprint density at radius 1 is 1.30 bits per heavy atom. The molecule has 2 fully saturated rings. The van der Waals surface area contributed by atoms with Crippen LogP contribution in [-0.4, -0.2) is 107 Å². The van der Waals surface area contributed by atoms with E-state index in [-0.39, 0.29) is 55.3 Å². The molecule has 3 aliphatic rings. The summed E-state index contributed by atoms with van der Waals surface area (Å²) in [6.45, 7) is 15.1. The molecule has 3 aliphatic heterocycles. The summed E-state index contributed by atoms with van der Waals surface area (Å²) in [5.74, 6) is -0.477. The zero-order valence-electron chi connectivity index (χ0n) is 29.3. The van der Waals surface area contributed by atoms with Gasteiger partial charge in [-0.3, -0.25) is 9.69 Å². The Bertz CT molecular complexity index is 1070. The first-order valence-electron chi connectivity index (χ1n) is 17.5. The summed E-state index contributed by atoms with van der Waals surface area (Å²) >= 11 is 0. The van der Waals surface area contributed by atoms with E-state index in [0.29, 0.717) is 19.7 Å². The van der Waals surface area contributed by atoms with Gasteiger partial charge >= 0.3 is 12.1 Å². The van der Waals surface area contributed by atoms with Crippen molar-refractivity contribution in [2.75, 3.05) is 33.0 Å². The Kier molecular flexibility index (Phi) is 15.9. The number of allylic oxidation sites excluding steroid dienone is 3. The second kappa shape index (κ2) is 19.0. The second-order valence-corrected chi connectivity index (χ2v) is 14.0. The summed E-state index contributed by atoms with van der Waals surface area (Å²) in [6.07, 6.45) is 9.39. The van der Waals surface area contributed by atoms with Crippen molar-refractivity contribution >= 4 is 12.1 Å². The Hall–Kier alpha value is -2.28. The number of amides is 1. The lowest BCUT2D eigenvalue weighted by atomic mass is 9.88. The van der Waals surface area contributed by atoms with E-state index in [2.05, 4.69) is 23.2 Å². The van der Waals surface area contributed by atoms with Crippen LogP contribution in [0.3, 0.4) is 0 Å². The fraction of sp³-hybridized carbons (Fsp3) is 0.778. The SMILES string of the molecule is CCC(O)C(C)C1OC1CC(C)/C=C/C=C(\C)C1OC(=O)CC(O)CCC(C)(O)C(OC(=O)NCCCN2CCCOC2)/C=C/C1C. The summed E-state index contributed by atoms with van der Waals surface area (Å²) in [7, 11) is 0. The number of nitrogens with zero attached hydrogens (tertiary/aromatic N) is 1. The molecule has 2 saturated heterocycles. The monoisotopic (exact) mass is 664 g/mol. The van der Waals surface area contributed by atoms with Crippen LogP contribution < -0.4 is 5.32 Å². The van der Waals surface area contributed by atoms with Crippen molar-refractivity contribution in [1.82, 2.24) is 10.2 Å². The Morgan fingerprint density at radius 2 is 2.06 bits per heavy atom. The van der Waals surface area contributed by atoms with Crippen molar-refractivity contribution in [2.45, 2.75) is 129 Å². The number of carbonyl (C=O) groups excluding carboxylic acids is 2. The van der Waals surface area contributed by atoms with Gasteiger partial charge in [0.2, 0.25) is 0 Å². The van der Waals surface area contributed by atoms with Gasteiger partial charge < -0.3 is 39.6 Å². The van der Waals surface area contributed by atoms with Crippen LogP contribution >= 0.6 is 0 Å². The number of epoxide rings is 1. The maximum Gasteiger partial charge on any atom is 0.407 e. The van der Waals surface area contributed by atoms with Gasteiger partial charge in [0.15, 0.2) is 6.10 Å². The first-order chi connectivity index (χ1) is 22.3. The van der Waals surface area contributed by atoms with E-state index < -0.39 is 36.0 Å². The van der Waals surface area contributed by atoms with Gasteiger partial charge in [-0.1, -0.05) is 52.0 Å². The zero-order chi connectivity index (χ0) is 34.6. The van der Waals surface area contributed by atoms with Gasteiger partial charge in [0.1, 0.15) is 11.7 Å². The minimum absolute atomic E-state index is 0.0938. The van der Waals surface area contributed by atoms with Crippen LogP contribution in [0.1, 0.15) is 86.5 Å². The predicted molar refractivity (Wildman–Crippen MR) is 179 cm³/mol. The van der Waals surface area contributed by atoms with Crippen molar-refractivity contribution < 1.29 is 43.9 Å². The van der Waals surface area contributed by atoms with Crippen LogP contribution in [0.2, 0.25) is 0 Å². The van der Waals surface area contributed by atoms with Gasteiger partial charge in [-0.05, 0) is 69.9 Å². The number of hydrogen-bond donors (Lipinski definition) is 4. The predicted octanol–water partition coefficient (Wildman–Crippen LogP) is 4.25. The average Bonchev–Trinajstić information content (AvgIpc) is 3.80. The third kappa shape index (κ3) is 13.3. The molecule has 0 aromatic rings. The number of esters is 1. The normalized spacial score (nSPS) is 34.0. The van der Waals surface area contributed by atoms with Crippen LogP contribution in [0, 0.1) is 17.8 Å². The fourth-order valence-electron chi connectivity index (χ4n) is 6.26. The number of hydrogen-bond acceptors (Lipinski definition) is 10. The largest absolute Gasteiger partial charge is 0.457 e. The van der Waals surface area contributed by atoms with Crippen molar-refractivity contribution in [3.63, 3.8) is 0 Å². The molecule has 3 rings (SSSR count). The van der Waals surface area contributed by atoms with Crippen LogP contribution in [-0.2, 0) is 23.7 Å². The summed E-state index contributed by atoms with van der Waals surface area (Å²) < 4.78 is 22.9. The highest BCUT2D eigenvalue weighted by atomic mass is 16.6. The molecular formula is C36H60N2O9. The van der Waals surface area contributed by atoms with Crippen LogP contribution in [0.5, 0.6) is 0 Å². The summed E-state index contributed by atoms with van der Waals surface area (Å²) in [6, 6.07) is 0. The lowest BCUT2D eigenvalue weighted by Gasteiger charge is -2.32. The molecule has 0 saturated carbocycles. The summed E-state index contributed by atoms with van der Waals surface area (Å²) in [5.41, 5.74) is -0.662. The maximum absolute atomic E-state index is 12.8. The van der Waals surface area contributed by atoms with E-state index in [1.165, 1.54) is 0 Å². The molecule has 0 radical (unpaired) electrons. The number of aliphatic hydroxyl groups is 3. The molecule has 0 aliphatic carbocycles. The zero-order valence-corrected chi connectivity index (χ0v) is 29.3. The molecular weight excluding hydrogens is 604 g/mol. The molecule has 47 heavy (non-hydrogen) atoms. The number of cyclic esters (lactones) is 1. The number of aliphatic hydroxyl groups excluding tert-OH is 2. The van der Waals surface area contributed by atoms with E-state index in [1.54, 1.807) is 19.1 Å². The van der Waals surface area contributed by atoms with E-state index in [0.717, 1.165) is 44.5 Å². The quantitative estimate of drug-likeness (QED) is 0.0740. The van der Waals surface area contributed by atoms with Crippen LogP contribution in [0.4, 0.5) is 4.79 Å². The standard InChI is InChI=1S/C36H60N2O9/c1-7-29(40)27(5)34-30(45-34)21-24(2)11-8-12-25(3)33-26(4)13-14-31(36(6,43)16-15-28(39)22-32(41)47-33)46-35(42)37-17-9-18-38-19-10-20-44-23-38/h8,11-14,24,26-31,33-34,39-40,43H,7,9-10,15-23H2,1-6H3,(H,37,42)/b11-8+,14-13+,25-12+. The van der Waals surface area contributed by atoms with Gasteiger partial charge in [0.25, 0.3) is 0 Å². The molecule has 0 bridgehead atoms. The number of alkyl carbamates (subject to hydrolysis) is 1. The fourth-order valence-corrected chi connectivity index (χ4v) is 6.26. The molecule has 0 aromatic heterocycles. The number of carbonyl (C=O) groups is 2. The Labute approximate surface area is 281 Å². The highest BCUT2D eigenvalue weighted by molar-refractivity contribution is 5.70. The lowest BCUT2D eigenvalue weighted by molar-refractivity contribution is -0.151. The molecule has 11 heteroatoms. The van der Waals surface area contributed by atoms with Gasteiger partial charge in [-0.15, -0.1) is 0 Å². The minimum atomic E-state index is -1.47. The molecule has 10 unspecified atom stereocenters. The van der Waals surface area contributed by atoms with Gasteiger partial charge in [0, 0.05) is 38.1 Å². The lowest BCUT2D eigenvalue weighted by Crippen LogP contribution is -2.44. The van der Waals surface area contributed by atoms with E-state index in [9.17, 15) is 24.9 Å². The first-order valence-corrected chi connectivity index (χ1v) is 17.5. The highest BCUT2D eigenvalue weighted by Crippen LogP contribution is 2.36. The Morgan fingerprint density at radius 3 is 2.77 bits per heavy atom. The molecule has 11 nitrogen and oxygen atoms in total. The van der Waals surface area contributed by atoms with E-state index in [1.807, 2.05) is 39.8 Å². The van der Waals surface area contributed by atoms with Gasteiger partial charge in [-0.2, -0.15) is 0 Å². The van der Waals surface area contributed by atoms with Crippen molar-refractivity contribution in [2.24, 2.45) is 17.8 Å². The molecule has 0 spiro atoms. The van der Waals surface area contributed by atoms with Crippen molar-refractivity contribution in [3.05, 3.63) is 36.0 Å². The van der Waals surface area contributed by atoms with Crippen molar-refractivity contribution in [1.29, 1.82) is 0 Å².